The Morgan fingerprint density at radius 3 is 2.06 bits per heavy atom. The van der Waals surface area contributed by atoms with Crippen LogP contribution in [0.4, 0.5) is 4.79 Å². The van der Waals surface area contributed by atoms with E-state index in [1.807, 2.05) is 18.2 Å². The number of ether oxygens (including phenoxy) is 2. The molecule has 0 radical (unpaired) electrons. The van der Waals surface area contributed by atoms with Crippen LogP contribution in [0, 0.1) is 0 Å². The summed E-state index contributed by atoms with van der Waals surface area (Å²) in [6.45, 7) is 8.16. The molecule has 1 heterocycles. The maximum atomic E-state index is 12.3. The van der Waals surface area contributed by atoms with E-state index in [-0.39, 0.29) is 24.5 Å². The van der Waals surface area contributed by atoms with Crippen LogP contribution in [-0.4, -0.2) is 38.3 Å². The zero-order valence-electron chi connectivity index (χ0n) is 19.1. The average molecular weight is 467 g/mol. The maximum Gasteiger partial charge on any atom is 0.518 e. The first kappa shape index (κ1) is 27.1. The van der Waals surface area contributed by atoms with Crippen LogP contribution in [0.15, 0.2) is 42.7 Å². The van der Waals surface area contributed by atoms with Crippen LogP contribution < -0.4 is 14.6 Å². The van der Waals surface area contributed by atoms with Gasteiger partial charge < -0.3 is 19.3 Å². The lowest BCUT2D eigenvalue weighted by atomic mass is 9.94. The average Bonchev–Trinajstić information content (AvgIpc) is 2.70. The molecule has 176 valence electrons. The van der Waals surface area contributed by atoms with E-state index in [0.717, 1.165) is 11.1 Å². The topological polar surface area (TPSA) is 126 Å². The third kappa shape index (κ3) is 9.44. The summed E-state index contributed by atoms with van der Waals surface area (Å²) in [6, 6.07) is 9.29. The van der Waals surface area contributed by atoms with Gasteiger partial charge >= 0.3 is 6.16 Å². The number of nitrogens with one attached hydrogen (secondary N) is 1. The van der Waals surface area contributed by atoms with Crippen molar-refractivity contribution in [3.05, 3.63) is 59.4 Å². The fourth-order valence-corrected chi connectivity index (χ4v) is 2.72. The Morgan fingerprint density at radius 1 is 1.06 bits per heavy atom. The molecule has 0 fully saturated rings. The van der Waals surface area contributed by atoms with E-state index < -0.39 is 16.3 Å². The van der Waals surface area contributed by atoms with Gasteiger partial charge in [-0.15, -0.1) is 0 Å². The largest absolute Gasteiger partial charge is 0.748 e. The van der Waals surface area contributed by atoms with Gasteiger partial charge in [-0.05, 0) is 29.0 Å². The molecule has 32 heavy (non-hydrogen) atoms. The normalized spacial score (nSPS) is 10.9. The summed E-state index contributed by atoms with van der Waals surface area (Å²) in [5.41, 5.74) is 2.41. The summed E-state index contributed by atoms with van der Waals surface area (Å²) < 4.78 is 39.6. The number of amides is 1. The number of hydrogen-bond donors (Lipinski definition) is 1. The molecule has 1 aromatic carbocycles. The van der Waals surface area contributed by atoms with Crippen molar-refractivity contribution in [1.82, 2.24) is 5.32 Å². The summed E-state index contributed by atoms with van der Waals surface area (Å²) in [5, 5.41) is 2.55. The number of rotatable bonds is 6. The Labute approximate surface area is 189 Å². The molecule has 0 saturated heterocycles. The highest BCUT2D eigenvalue weighted by Gasteiger charge is 2.20. The number of para-hydroxylation sites is 1. The molecule has 1 amide bonds. The molecule has 2 aromatic rings. The Kier molecular flexibility index (Phi) is 10.3. The third-order valence-electron chi connectivity index (χ3n) is 4.18. The van der Waals surface area contributed by atoms with Gasteiger partial charge in [-0.3, -0.25) is 4.79 Å². The molecule has 0 atom stereocenters. The van der Waals surface area contributed by atoms with Crippen molar-refractivity contribution < 1.29 is 36.6 Å². The van der Waals surface area contributed by atoms with Crippen LogP contribution in [0.2, 0.25) is 0 Å². The molecule has 2 rings (SSSR count). The van der Waals surface area contributed by atoms with Crippen molar-refractivity contribution in [3.8, 4) is 5.75 Å². The Morgan fingerprint density at radius 2 is 1.59 bits per heavy atom. The van der Waals surface area contributed by atoms with E-state index >= 15 is 0 Å². The molecule has 10 heteroatoms. The van der Waals surface area contributed by atoms with Crippen molar-refractivity contribution in [2.24, 2.45) is 0 Å². The van der Waals surface area contributed by atoms with Crippen LogP contribution in [0.5, 0.6) is 5.75 Å². The van der Waals surface area contributed by atoms with Crippen molar-refractivity contribution in [2.75, 3.05) is 13.3 Å². The predicted octanol–water partition coefficient (Wildman–Crippen LogP) is 2.92. The first-order valence-electron chi connectivity index (χ1n) is 9.92. The zero-order chi connectivity index (χ0) is 24.5. The van der Waals surface area contributed by atoms with Crippen molar-refractivity contribution >= 4 is 22.2 Å². The van der Waals surface area contributed by atoms with Crippen LogP contribution in [0.1, 0.15) is 61.0 Å². The second-order valence-corrected chi connectivity index (χ2v) is 9.00. The lowest BCUT2D eigenvalue weighted by Gasteiger charge is -2.18. The molecule has 0 aliphatic carbocycles. The Balaban J connectivity index is 0.000000920. The minimum Gasteiger partial charge on any atom is -0.748 e. The highest BCUT2D eigenvalue weighted by atomic mass is 32.2. The molecule has 0 bridgehead atoms. The van der Waals surface area contributed by atoms with E-state index in [4.69, 9.17) is 22.4 Å². The smallest absolute Gasteiger partial charge is 0.518 e. The standard InChI is InChI=1S/C21H26N2O4.CH4O3S/c1-14(2)17-9-6-10-18(15(3)4)19(17)27-21(25)26-13-23-11-7-8-16(12-23)20(24)22-5;1-5(2,3)4/h6-12,14-15H,13H2,1-5H3;1H3,(H,2,3,4). The van der Waals surface area contributed by atoms with Crippen LogP contribution in [0.25, 0.3) is 0 Å². The molecule has 0 aliphatic rings. The van der Waals surface area contributed by atoms with Crippen molar-refractivity contribution in [2.45, 2.75) is 46.3 Å². The van der Waals surface area contributed by atoms with Gasteiger partial charge in [0.1, 0.15) is 11.3 Å². The van der Waals surface area contributed by atoms with E-state index in [9.17, 15) is 9.59 Å². The van der Waals surface area contributed by atoms with Gasteiger partial charge in [-0.25, -0.2) is 13.2 Å². The lowest BCUT2D eigenvalue weighted by molar-refractivity contribution is -0.727. The second kappa shape index (κ2) is 12.2. The van der Waals surface area contributed by atoms with Gasteiger partial charge in [0, 0.05) is 19.4 Å². The minimum atomic E-state index is -3.92. The Hall–Kier alpha value is -2.98. The fourth-order valence-electron chi connectivity index (χ4n) is 2.72. The van der Waals surface area contributed by atoms with Crippen molar-refractivity contribution in [1.29, 1.82) is 0 Å². The number of benzene rings is 1. The Bertz CT molecular complexity index is 1000. The number of hydrogen-bond acceptors (Lipinski definition) is 7. The first-order valence-corrected chi connectivity index (χ1v) is 11.7. The number of carbonyl (C=O) groups is 2. The molecule has 1 aromatic heterocycles. The van der Waals surface area contributed by atoms with E-state index in [0.29, 0.717) is 17.6 Å². The number of pyridine rings is 1. The zero-order valence-corrected chi connectivity index (χ0v) is 19.9. The van der Waals surface area contributed by atoms with Gasteiger partial charge in [0.05, 0.1) is 10.1 Å². The summed E-state index contributed by atoms with van der Waals surface area (Å²) in [6.07, 6.45) is 3.14. The highest BCUT2D eigenvalue weighted by Crippen LogP contribution is 2.34. The molecular formula is C22H30N2O7S. The van der Waals surface area contributed by atoms with E-state index in [1.54, 1.807) is 36.1 Å². The van der Waals surface area contributed by atoms with E-state index in [1.165, 1.54) is 0 Å². The van der Waals surface area contributed by atoms with E-state index in [2.05, 4.69) is 33.0 Å². The fraction of sp³-hybridized carbons (Fsp3) is 0.409. The molecular weight excluding hydrogens is 436 g/mol. The molecule has 0 saturated carbocycles. The van der Waals surface area contributed by atoms with Gasteiger partial charge in [0.15, 0.2) is 12.4 Å². The summed E-state index contributed by atoms with van der Waals surface area (Å²) in [7, 11) is -2.36. The van der Waals surface area contributed by atoms with Crippen molar-refractivity contribution in [3.63, 3.8) is 0 Å². The molecule has 0 unspecified atom stereocenters. The summed E-state index contributed by atoms with van der Waals surface area (Å²) in [5.74, 6) is 0.784. The lowest BCUT2D eigenvalue weighted by Crippen LogP contribution is -2.37. The number of nitrogens with zero attached hydrogens (tertiary/aromatic N) is 1. The molecule has 0 spiro atoms. The van der Waals surface area contributed by atoms with Gasteiger partial charge in [-0.2, -0.15) is 4.57 Å². The second-order valence-electron chi connectivity index (χ2n) is 7.59. The quantitative estimate of drug-likeness (QED) is 0.300. The van der Waals surface area contributed by atoms with Gasteiger partial charge in [0.2, 0.25) is 0 Å². The molecule has 1 N–H and O–H groups in total. The summed E-state index contributed by atoms with van der Waals surface area (Å²) >= 11 is 0. The van der Waals surface area contributed by atoms with Gasteiger partial charge in [-0.1, -0.05) is 45.9 Å². The predicted molar refractivity (Wildman–Crippen MR) is 117 cm³/mol. The number of carbonyl (C=O) groups excluding carboxylic acids is 2. The minimum absolute atomic E-state index is 0.0511. The first-order chi connectivity index (χ1) is 14.8. The monoisotopic (exact) mass is 466 g/mol. The maximum absolute atomic E-state index is 12.3. The molecule has 9 nitrogen and oxygen atoms in total. The molecule has 0 aliphatic heterocycles. The summed E-state index contributed by atoms with van der Waals surface area (Å²) in [4.78, 5) is 24.0. The van der Waals surface area contributed by atoms with Crippen LogP contribution in [0.3, 0.4) is 0 Å². The SMILES string of the molecule is CNC(=O)c1ccc[n+](COC(=O)Oc2c(C(C)C)cccc2C(C)C)c1.CS(=O)(=O)[O-]. The third-order valence-corrected chi connectivity index (χ3v) is 4.18. The van der Waals surface area contributed by atoms with Gasteiger partial charge in [0.25, 0.3) is 12.6 Å². The van der Waals surface area contributed by atoms with Crippen LogP contribution in [-0.2, 0) is 21.6 Å². The highest BCUT2D eigenvalue weighted by molar-refractivity contribution is 7.84. The number of aromatic nitrogens is 1. The van der Waals surface area contributed by atoms with Crippen LogP contribution >= 0.6 is 0 Å².